The Balaban J connectivity index is 1.90. The largest absolute Gasteiger partial charge is 0.376 e. The third-order valence-corrected chi connectivity index (χ3v) is 3.58. The second-order valence-corrected chi connectivity index (χ2v) is 5.37. The van der Waals surface area contributed by atoms with Gasteiger partial charge >= 0.3 is 0 Å². The van der Waals surface area contributed by atoms with Crippen LogP contribution in [-0.2, 0) is 6.54 Å². The zero-order valence-electron chi connectivity index (χ0n) is 12.1. The van der Waals surface area contributed by atoms with E-state index in [1.807, 2.05) is 12.4 Å². The monoisotopic (exact) mass is 271 g/mol. The topological polar surface area (TPSA) is 36.3 Å². The smallest absolute Gasteiger partial charge is 0.0840 e. The molecule has 1 aliphatic rings. The quantitative estimate of drug-likeness (QED) is 0.923. The second kappa shape index (κ2) is 5.54. The van der Waals surface area contributed by atoms with Gasteiger partial charge in [0.25, 0.3) is 0 Å². The van der Waals surface area contributed by atoms with Gasteiger partial charge in [0, 0.05) is 18.9 Å². The number of hydrogen-bond donors (Lipinski definition) is 1. The van der Waals surface area contributed by atoms with Crippen molar-refractivity contribution in [1.82, 2.24) is 14.6 Å². The zero-order chi connectivity index (χ0) is 13.9. The molecule has 106 valence electrons. The first-order chi connectivity index (χ1) is 9.75. The van der Waals surface area contributed by atoms with Crippen molar-refractivity contribution in [3.8, 4) is 0 Å². The molecule has 0 bridgehead atoms. The maximum atomic E-state index is 4.22. The highest BCUT2D eigenvalue weighted by Crippen LogP contribution is 2.29. The van der Waals surface area contributed by atoms with Crippen LogP contribution in [0, 0.1) is 0 Å². The maximum absolute atomic E-state index is 4.22. The minimum Gasteiger partial charge on any atom is -0.376 e. The summed E-state index contributed by atoms with van der Waals surface area (Å²) < 4.78 is 2.24. The van der Waals surface area contributed by atoms with Crippen LogP contribution in [0.25, 0.3) is 0 Å². The molecule has 5 nitrogen and oxygen atoms in total. The van der Waals surface area contributed by atoms with Gasteiger partial charge in [0.15, 0.2) is 0 Å². The maximum Gasteiger partial charge on any atom is 0.0840 e. The van der Waals surface area contributed by atoms with Crippen molar-refractivity contribution in [2.24, 2.45) is 0 Å². The first-order valence-electron chi connectivity index (χ1n) is 7.02. The van der Waals surface area contributed by atoms with E-state index in [0.29, 0.717) is 0 Å². The van der Waals surface area contributed by atoms with Gasteiger partial charge in [-0.1, -0.05) is 0 Å². The first kappa shape index (κ1) is 13.0. The molecule has 2 aromatic rings. The fraction of sp³-hybridized carbons (Fsp3) is 0.400. The van der Waals surface area contributed by atoms with Gasteiger partial charge in [-0.15, -0.1) is 0 Å². The van der Waals surface area contributed by atoms with Crippen LogP contribution in [0.2, 0.25) is 0 Å². The Bertz CT molecular complexity index is 575. The molecule has 1 aliphatic heterocycles. The molecule has 2 aromatic heterocycles. The normalized spacial score (nSPS) is 13.7. The lowest BCUT2D eigenvalue weighted by atomic mass is 10.3. The van der Waals surface area contributed by atoms with E-state index in [1.165, 1.54) is 11.4 Å². The lowest BCUT2D eigenvalue weighted by molar-refractivity contribution is 0.397. The van der Waals surface area contributed by atoms with Crippen molar-refractivity contribution in [3.63, 3.8) is 0 Å². The van der Waals surface area contributed by atoms with Crippen molar-refractivity contribution >= 4 is 11.4 Å². The van der Waals surface area contributed by atoms with E-state index in [4.69, 9.17) is 0 Å². The summed E-state index contributed by atoms with van der Waals surface area (Å²) in [6.07, 6.45) is 7.00. The number of hydrogen-bond acceptors (Lipinski definition) is 4. The van der Waals surface area contributed by atoms with Gasteiger partial charge in [0.05, 0.1) is 29.8 Å². The van der Waals surface area contributed by atoms with Crippen molar-refractivity contribution in [2.75, 3.05) is 37.5 Å². The van der Waals surface area contributed by atoms with Crippen LogP contribution in [0.4, 0.5) is 11.4 Å². The van der Waals surface area contributed by atoms with Gasteiger partial charge in [-0.2, -0.15) is 0 Å². The molecule has 0 saturated carbocycles. The lowest BCUT2D eigenvalue weighted by Crippen LogP contribution is -2.32. The van der Waals surface area contributed by atoms with Crippen LogP contribution >= 0.6 is 0 Å². The average molecular weight is 271 g/mol. The minimum absolute atomic E-state index is 0.829. The highest BCUT2D eigenvalue weighted by molar-refractivity contribution is 5.69. The number of fused-ring (bicyclic) bond motifs is 2. The van der Waals surface area contributed by atoms with E-state index in [-0.39, 0.29) is 0 Å². The van der Waals surface area contributed by atoms with E-state index in [0.717, 1.165) is 31.7 Å². The molecule has 0 saturated heterocycles. The molecular weight excluding hydrogens is 250 g/mol. The molecule has 0 aliphatic carbocycles. The predicted octanol–water partition coefficient (Wildman–Crippen LogP) is 2.03. The van der Waals surface area contributed by atoms with E-state index in [1.54, 1.807) is 0 Å². The third-order valence-electron chi connectivity index (χ3n) is 3.58. The molecule has 5 heteroatoms. The molecule has 3 rings (SSSR count). The van der Waals surface area contributed by atoms with Crippen LogP contribution in [0.1, 0.15) is 12.1 Å². The van der Waals surface area contributed by atoms with Gasteiger partial charge < -0.3 is 10.2 Å². The Morgan fingerprint density at radius 1 is 1.35 bits per heavy atom. The van der Waals surface area contributed by atoms with E-state index < -0.39 is 0 Å². The molecule has 0 unspecified atom stereocenters. The van der Waals surface area contributed by atoms with E-state index in [9.17, 15) is 0 Å². The average Bonchev–Trinajstić information content (AvgIpc) is 2.84. The summed E-state index contributed by atoms with van der Waals surface area (Å²) >= 11 is 0. The summed E-state index contributed by atoms with van der Waals surface area (Å²) in [6, 6.07) is 6.33. The van der Waals surface area contributed by atoms with E-state index in [2.05, 4.69) is 63.4 Å². The molecule has 0 atom stereocenters. The van der Waals surface area contributed by atoms with Crippen molar-refractivity contribution in [3.05, 3.63) is 42.5 Å². The highest BCUT2D eigenvalue weighted by atomic mass is 15.6. The SMILES string of the molecule is CN(C)CCCN1c2ccncc2NCc2cccn21. The summed E-state index contributed by atoms with van der Waals surface area (Å²) in [6.45, 7) is 2.90. The molecule has 0 spiro atoms. The third kappa shape index (κ3) is 2.49. The fourth-order valence-electron chi connectivity index (χ4n) is 2.60. The number of nitrogens with zero attached hydrogens (tertiary/aromatic N) is 4. The minimum atomic E-state index is 0.829. The molecule has 0 aromatic carbocycles. The summed E-state index contributed by atoms with van der Waals surface area (Å²) in [5.74, 6) is 0. The van der Waals surface area contributed by atoms with Crippen LogP contribution in [0.5, 0.6) is 0 Å². The van der Waals surface area contributed by atoms with Gasteiger partial charge in [-0.05, 0) is 45.3 Å². The van der Waals surface area contributed by atoms with Gasteiger partial charge in [-0.3, -0.25) is 14.7 Å². The van der Waals surface area contributed by atoms with Crippen molar-refractivity contribution in [2.45, 2.75) is 13.0 Å². The van der Waals surface area contributed by atoms with Crippen LogP contribution in [0.3, 0.4) is 0 Å². The predicted molar refractivity (Wildman–Crippen MR) is 81.9 cm³/mol. The fourth-order valence-corrected chi connectivity index (χ4v) is 2.60. The van der Waals surface area contributed by atoms with Crippen LogP contribution in [0.15, 0.2) is 36.8 Å². The first-order valence-corrected chi connectivity index (χ1v) is 7.02. The van der Waals surface area contributed by atoms with E-state index >= 15 is 0 Å². The molecule has 0 amide bonds. The lowest BCUT2D eigenvalue weighted by Gasteiger charge is -2.27. The summed E-state index contributed by atoms with van der Waals surface area (Å²) in [7, 11) is 4.23. The Morgan fingerprint density at radius 3 is 3.10 bits per heavy atom. The molecule has 0 fully saturated rings. The van der Waals surface area contributed by atoms with Crippen molar-refractivity contribution in [1.29, 1.82) is 0 Å². The number of anilines is 2. The molecule has 20 heavy (non-hydrogen) atoms. The molecule has 1 N–H and O–H groups in total. The second-order valence-electron chi connectivity index (χ2n) is 5.37. The summed E-state index contributed by atoms with van der Waals surface area (Å²) in [5.41, 5.74) is 3.56. The van der Waals surface area contributed by atoms with Crippen LogP contribution < -0.4 is 10.3 Å². The Morgan fingerprint density at radius 2 is 2.25 bits per heavy atom. The zero-order valence-corrected chi connectivity index (χ0v) is 12.1. The molecule has 0 radical (unpaired) electrons. The number of nitrogens with one attached hydrogen (secondary N) is 1. The van der Waals surface area contributed by atoms with Crippen LogP contribution in [-0.4, -0.2) is 41.7 Å². The van der Waals surface area contributed by atoms with Gasteiger partial charge in [-0.25, -0.2) is 0 Å². The highest BCUT2D eigenvalue weighted by Gasteiger charge is 2.18. The standard InChI is InChI=1S/C15H21N5/c1-18(2)8-4-10-20-15-6-7-16-12-14(15)17-11-13-5-3-9-19(13)20/h3,5-7,9,12,17H,4,8,10-11H2,1-2H3. The molecular formula is C15H21N5. The summed E-state index contributed by atoms with van der Waals surface area (Å²) in [5, 5.41) is 5.79. The summed E-state index contributed by atoms with van der Waals surface area (Å²) in [4.78, 5) is 6.45. The Labute approximate surface area is 119 Å². The number of rotatable bonds is 4. The number of aromatic nitrogens is 2. The Kier molecular flexibility index (Phi) is 3.60. The van der Waals surface area contributed by atoms with Gasteiger partial charge in [0.2, 0.25) is 0 Å². The molecule has 3 heterocycles. The Hall–Kier alpha value is -2.01. The van der Waals surface area contributed by atoms with Crippen molar-refractivity contribution < 1.29 is 0 Å². The van der Waals surface area contributed by atoms with Gasteiger partial charge in [0.1, 0.15) is 0 Å². The number of pyridine rings is 1.